The van der Waals surface area contributed by atoms with E-state index < -0.39 is 10.0 Å². The first-order chi connectivity index (χ1) is 9.88. The van der Waals surface area contributed by atoms with Gasteiger partial charge < -0.3 is 4.90 Å². The Hall–Kier alpha value is -1.41. The molecule has 3 rings (SSSR count). The van der Waals surface area contributed by atoms with Gasteiger partial charge in [0.15, 0.2) is 5.69 Å². The molecule has 0 bridgehead atoms. The summed E-state index contributed by atoms with van der Waals surface area (Å²) in [5, 5.41) is 12.0. The highest BCUT2D eigenvalue weighted by Gasteiger charge is 2.37. The van der Waals surface area contributed by atoms with Crippen molar-refractivity contribution in [1.82, 2.24) is 15.1 Å². The molecule has 2 aliphatic rings. The zero-order chi connectivity index (χ0) is 15.2. The Labute approximate surface area is 123 Å². The number of nitrogens with one attached hydrogen (secondary N) is 1. The predicted molar refractivity (Wildman–Crippen MR) is 76.2 cm³/mol. The average molecular weight is 312 g/mol. The lowest BCUT2D eigenvalue weighted by molar-refractivity contribution is 0.0687. The smallest absolute Gasteiger partial charge is 0.275 e. The van der Waals surface area contributed by atoms with Gasteiger partial charge in [-0.1, -0.05) is 6.92 Å². The van der Waals surface area contributed by atoms with E-state index in [-0.39, 0.29) is 22.4 Å². The highest BCUT2D eigenvalue weighted by molar-refractivity contribution is 7.89. The fourth-order valence-electron chi connectivity index (χ4n) is 2.79. The first-order valence-electron chi connectivity index (χ1n) is 7.28. The van der Waals surface area contributed by atoms with Gasteiger partial charge in [-0.3, -0.25) is 9.89 Å². The SMILES string of the molecule is CC1CCN(C(=O)c2n[nH]c(C3CC3)c2S(N)(=O)=O)CC1. The van der Waals surface area contributed by atoms with E-state index in [1.807, 2.05) is 0 Å². The fraction of sp³-hybridized carbons (Fsp3) is 0.692. The molecule has 2 fully saturated rings. The van der Waals surface area contributed by atoms with Crippen LogP contribution in [-0.2, 0) is 10.0 Å². The van der Waals surface area contributed by atoms with Gasteiger partial charge in [-0.05, 0) is 31.6 Å². The number of carbonyl (C=O) groups excluding carboxylic acids is 1. The van der Waals surface area contributed by atoms with Crippen molar-refractivity contribution in [2.75, 3.05) is 13.1 Å². The minimum atomic E-state index is -3.96. The van der Waals surface area contributed by atoms with Crippen LogP contribution in [0.5, 0.6) is 0 Å². The summed E-state index contributed by atoms with van der Waals surface area (Å²) in [6, 6.07) is 0. The number of aromatic amines is 1. The van der Waals surface area contributed by atoms with Gasteiger partial charge >= 0.3 is 0 Å². The third kappa shape index (κ3) is 2.82. The third-order valence-corrected chi connectivity index (χ3v) is 5.27. The van der Waals surface area contributed by atoms with Gasteiger partial charge in [0.05, 0.1) is 5.69 Å². The van der Waals surface area contributed by atoms with Crippen molar-refractivity contribution in [1.29, 1.82) is 0 Å². The van der Waals surface area contributed by atoms with Gasteiger partial charge in [-0.2, -0.15) is 5.10 Å². The average Bonchev–Trinajstić information content (AvgIpc) is 3.16. The molecule has 1 saturated heterocycles. The van der Waals surface area contributed by atoms with E-state index >= 15 is 0 Å². The van der Waals surface area contributed by atoms with E-state index in [9.17, 15) is 13.2 Å². The summed E-state index contributed by atoms with van der Waals surface area (Å²) >= 11 is 0. The van der Waals surface area contributed by atoms with Crippen molar-refractivity contribution in [2.24, 2.45) is 11.1 Å². The molecular weight excluding hydrogens is 292 g/mol. The molecule has 8 heteroatoms. The number of hydrogen-bond donors (Lipinski definition) is 2. The predicted octanol–water partition coefficient (Wildman–Crippen LogP) is 0.807. The lowest BCUT2D eigenvalue weighted by Gasteiger charge is -2.29. The van der Waals surface area contributed by atoms with Gasteiger partial charge in [0.25, 0.3) is 5.91 Å². The number of nitrogens with two attached hydrogens (primary N) is 1. The van der Waals surface area contributed by atoms with Crippen LogP contribution < -0.4 is 5.14 Å². The summed E-state index contributed by atoms with van der Waals surface area (Å²) in [5.41, 5.74) is 0.445. The molecule has 3 N–H and O–H groups in total. The number of nitrogens with zero attached hydrogens (tertiary/aromatic N) is 2. The lowest BCUT2D eigenvalue weighted by Crippen LogP contribution is -2.38. The van der Waals surface area contributed by atoms with Crippen LogP contribution in [0, 0.1) is 5.92 Å². The van der Waals surface area contributed by atoms with E-state index in [1.165, 1.54) is 0 Å². The van der Waals surface area contributed by atoms with Crippen LogP contribution in [0.25, 0.3) is 0 Å². The van der Waals surface area contributed by atoms with E-state index in [0.29, 0.717) is 24.7 Å². The molecule has 0 spiro atoms. The van der Waals surface area contributed by atoms with Crippen LogP contribution >= 0.6 is 0 Å². The number of piperidine rings is 1. The highest BCUT2D eigenvalue weighted by atomic mass is 32.2. The van der Waals surface area contributed by atoms with Crippen molar-refractivity contribution in [3.63, 3.8) is 0 Å². The van der Waals surface area contributed by atoms with Crippen LogP contribution in [0.2, 0.25) is 0 Å². The Morgan fingerprint density at radius 2 is 1.90 bits per heavy atom. The zero-order valence-electron chi connectivity index (χ0n) is 12.0. The minimum absolute atomic E-state index is 0.0473. The molecule has 1 aliphatic carbocycles. The molecule has 1 aliphatic heterocycles. The van der Waals surface area contributed by atoms with Crippen molar-refractivity contribution < 1.29 is 13.2 Å². The quantitative estimate of drug-likeness (QED) is 0.860. The maximum absolute atomic E-state index is 12.6. The molecule has 0 aromatic carbocycles. The Morgan fingerprint density at radius 1 is 1.29 bits per heavy atom. The number of aromatic nitrogens is 2. The molecule has 1 amide bonds. The Morgan fingerprint density at radius 3 is 2.43 bits per heavy atom. The molecule has 1 saturated carbocycles. The first-order valence-corrected chi connectivity index (χ1v) is 8.83. The van der Waals surface area contributed by atoms with Crippen molar-refractivity contribution in [2.45, 2.75) is 43.4 Å². The number of sulfonamides is 1. The number of rotatable bonds is 3. The summed E-state index contributed by atoms with van der Waals surface area (Å²) < 4.78 is 23.7. The van der Waals surface area contributed by atoms with Crippen LogP contribution in [0.15, 0.2) is 4.90 Å². The van der Waals surface area contributed by atoms with E-state index in [2.05, 4.69) is 17.1 Å². The number of likely N-dealkylation sites (tertiary alicyclic amines) is 1. The molecule has 116 valence electrons. The second-order valence-electron chi connectivity index (χ2n) is 6.11. The van der Waals surface area contributed by atoms with Gasteiger partial charge in [-0.25, -0.2) is 13.6 Å². The van der Waals surface area contributed by atoms with Gasteiger partial charge in [-0.15, -0.1) is 0 Å². The van der Waals surface area contributed by atoms with Crippen molar-refractivity contribution in [3.05, 3.63) is 11.4 Å². The Kier molecular flexibility index (Phi) is 3.53. The molecule has 0 radical (unpaired) electrons. The number of hydrogen-bond acceptors (Lipinski definition) is 4. The molecular formula is C13H20N4O3S. The van der Waals surface area contributed by atoms with Crippen molar-refractivity contribution >= 4 is 15.9 Å². The monoisotopic (exact) mass is 312 g/mol. The highest BCUT2D eigenvalue weighted by Crippen LogP contribution is 2.42. The summed E-state index contributed by atoms with van der Waals surface area (Å²) in [5.74, 6) is 0.385. The van der Waals surface area contributed by atoms with Gasteiger partial charge in [0.1, 0.15) is 4.90 Å². The molecule has 2 heterocycles. The van der Waals surface area contributed by atoms with Crippen molar-refractivity contribution in [3.8, 4) is 0 Å². The summed E-state index contributed by atoms with van der Waals surface area (Å²) in [6.07, 6.45) is 3.66. The second-order valence-corrected chi connectivity index (χ2v) is 7.61. The maximum atomic E-state index is 12.6. The zero-order valence-corrected chi connectivity index (χ0v) is 12.8. The fourth-order valence-corrected chi connectivity index (χ4v) is 3.71. The number of carbonyl (C=O) groups is 1. The number of H-pyrrole nitrogens is 1. The number of primary sulfonamides is 1. The van der Waals surface area contributed by atoms with Gasteiger partial charge in [0, 0.05) is 19.0 Å². The molecule has 21 heavy (non-hydrogen) atoms. The van der Waals surface area contributed by atoms with Crippen LogP contribution in [0.1, 0.15) is 54.7 Å². The summed E-state index contributed by atoms with van der Waals surface area (Å²) in [7, 11) is -3.96. The van der Waals surface area contributed by atoms with Crippen LogP contribution in [-0.4, -0.2) is 42.5 Å². The van der Waals surface area contributed by atoms with Crippen LogP contribution in [0.4, 0.5) is 0 Å². The summed E-state index contributed by atoms with van der Waals surface area (Å²) in [4.78, 5) is 14.1. The normalized spacial score (nSPS) is 20.8. The van der Waals surface area contributed by atoms with E-state index in [4.69, 9.17) is 5.14 Å². The molecule has 0 unspecified atom stereocenters. The second kappa shape index (κ2) is 5.10. The maximum Gasteiger partial charge on any atom is 0.275 e. The topological polar surface area (TPSA) is 109 Å². The standard InChI is InChI=1S/C13H20N4O3S/c1-8-4-6-17(7-5-8)13(18)11-12(21(14,19)20)10(15-16-11)9-2-3-9/h8-9H,2-7H2,1H3,(H,15,16)(H2,14,19,20). The lowest BCUT2D eigenvalue weighted by atomic mass is 9.99. The molecule has 1 aromatic rings. The Bertz CT molecular complexity index is 655. The minimum Gasteiger partial charge on any atom is -0.337 e. The largest absolute Gasteiger partial charge is 0.337 e. The molecule has 7 nitrogen and oxygen atoms in total. The molecule has 0 atom stereocenters. The van der Waals surface area contributed by atoms with Crippen LogP contribution in [0.3, 0.4) is 0 Å². The third-order valence-electron chi connectivity index (χ3n) is 4.29. The summed E-state index contributed by atoms with van der Waals surface area (Å²) in [6.45, 7) is 3.42. The molecule has 1 aromatic heterocycles. The van der Waals surface area contributed by atoms with E-state index in [0.717, 1.165) is 25.7 Å². The van der Waals surface area contributed by atoms with Gasteiger partial charge in [0.2, 0.25) is 10.0 Å². The first kappa shape index (κ1) is 14.5. The number of amides is 1. The van der Waals surface area contributed by atoms with E-state index in [1.54, 1.807) is 4.90 Å². The Balaban J connectivity index is 1.93.